The van der Waals surface area contributed by atoms with Gasteiger partial charge in [-0.25, -0.2) is 0 Å². The molecule has 0 spiro atoms. The van der Waals surface area contributed by atoms with Gasteiger partial charge >= 0.3 is 0 Å². The summed E-state index contributed by atoms with van der Waals surface area (Å²) in [5.41, 5.74) is 6.28. The first-order valence-corrected chi connectivity index (χ1v) is 6.77. The van der Waals surface area contributed by atoms with Crippen molar-refractivity contribution in [2.75, 3.05) is 7.11 Å². The van der Waals surface area contributed by atoms with Crippen LogP contribution in [-0.2, 0) is 0 Å². The Balaban J connectivity index is 2.06. The Morgan fingerprint density at radius 2 is 1.85 bits per heavy atom. The van der Waals surface area contributed by atoms with Crippen LogP contribution in [0, 0.1) is 6.92 Å². The Hall–Kier alpha value is -2.28. The average Bonchev–Trinajstić information content (AvgIpc) is 2.86. The number of ether oxygens (including phenoxy) is 1. The Morgan fingerprint density at radius 1 is 1.05 bits per heavy atom. The maximum absolute atomic E-state index is 5.28. The standard InChI is InChI=1S/C19H17O/c1-3-15-13-16(19-10-5-4-9-18(15)19)11-14-7-6-8-17(12-14)20-2/h4-13H,1,3H2,2H3. The molecule has 3 rings (SSSR count). The highest BCUT2D eigenvalue weighted by Crippen LogP contribution is 2.37. The number of rotatable bonds is 3. The minimum absolute atomic E-state index is 0.812. The van der Waals surface area contributed by atoms with E-state index in [1.54, 1.807) is 7.11 Å². The van der Waals surface area contributed by atoms with Crippen molar-refractivity contribution in [3.8, 4) is 5.75 Å². The van der Waals surface area contributed by atoms with Gasteiger partial charge in [0.15, 0.2) is 0 Å². The second-order valence-electron chi connectivity index (χ2n) is 4.84. The van der Waals surface area contributed by atoms with Crippen LogP contribution < -0.4 is 4.74 Å². The third kappa shape index (κ3) is 2.27. The van der Waals surface area contributed by atoms with Crippen LogP contribution in [0.5, 0.6) is 5.75 Å². The molecular weight excluding hydrogens is 244 g/mol. The summed E-state index contributed by atoms with van der Waals surface area (Å²) < 4.78 is 5.28. The summed E-state index contributed by atoms with van der Waals surface area (Å²) >= 11 is 0. The van der Waals surface area contributed by atoms with Crippen LogP contribution in [0.1, 0.15) is 23.1 Å². The third-order valence-corrected chi connectivity index (χ3v) is 3.60. The second-order valence-corrected chi connectivity index (χ2v) is 4.84. The summed E-state index contributed by atoms with van der Waals surface area (Å²) in [5, 5.41) is 0. The Kier molecular flexibility index (Phi) is 3.42. The van der Waals surface area contributed by atoms with Gasteiger partial charge in [0, 0.05) is 0 Å². The Morgan fingerprint density at radius 3 is 2.60 bits per heavy atom. The van der Waals surface area contributed by atoms with Crippen molar-refractivity contribution in [1.29, 1.82) is 0 Å². The van der Waals surface area contributed by atoms with E-state index < -0.39 is 0 Å². The van der Waals surface area contributed by atoms with Crippen LogP contribution in [0.25, 0.3) is 17.2 Å². The van der Waals surface area contributed by atoms with Crippen LogP contribution in [0.4, 0.5) is 0 Å². The van der Waals surface area contributed by atoms with Crippen LogP contribution >= 0.6 is 0 Å². The molecule has 0 atom stereocenters. The summed E-state index contributed by atoms with van der Waals surface area (Å²) in [7, 11) is 1.69. The maximum atomic E-state index is 5.28. The molecule has 0 amide bonds. The largest absolute Gasteiger partial charge is 0.497 e. The van der Waals surface area contributed by atoms with Gasteiger partial charge in [0.2, 0.25) is 0 Å². The van der Waals surface area contributed by atoms with Crippen LogP contribution in [0.2, 0.25) is 0 Å². The van der Waals surface area contributed by atoms with Crippen molar-refractivity contribution in [3.63, 3.8) is 0 Å². The minimum Gasteiger partial charge on any atom is -0.497 e. The van der Waals surface area contributed by atoms with Crippen molar-refractivity contribution in [3.05, 3.63) is 78.2 Å². The summed E-state index contributed by atoms with van der Waals surface area (Å²) in [6, 6.07) is 16.6. The molecule has 0 heterocycles. The minimum atomic E-state index is 0.812. The first-order valence-electron chi connectivity index (χ1n) is 6.77. The van der Waals surface area contributed by atoms with Gasteiger partial charge in [-0.05, 0) is 59.4 Å². The van der Waals surface area contributed by atoms with E-state index in [9.17, 15) is 0 Å². The van der Waals surface area contributed by atoms with Crippen molar-refractivity contribution >= 4 is 17.2 Å². The summed E-state index contributed by atoms with van der Waals surface area (Å²) in [5.74, 6) is 0.881. The molecular formula is C19H17O. The molecule has 20 heavy (non-hydrogen) atoms. The van der Waals surface area contributed by atoms with E-state index in [0.29, 0.717) is 0 Å². The Bertz CT molecular complexity index is 692. The summed E-state index contributed by atoms with van der Waals surface area (Å²) in [6.07, 6.45) is 5.24. The first kappa shape index (κ1) is 12.7. The molecule has 2 aromatic carbocycles. The van der Waals surface area contributed by atoms with Gasteiger partial charge in [0.05, 0.1) is 7.11 Å². The van der Waals surface area contributed by atoms with Crippen LogP contribution in [0.3, 0.4) is 0 Å². The first-order chi connectivity index (χ1) is 9.81. The van der Waals surface area contributed by atoms with Gasteiger partial charge in [-0.1, -0.05) is 42.5 Å². The van der Waals surface area contributed by atoms with Gasteiger partial charge in [-0.2, -0.15) is 0 Å². The molecule has 99 valence electrons. The molecule has 2 aromatic rings. The predicted octanol–water partition coefficient (Wildman–Crippen LogP) is 4.86. The van der Waals surface area contributed by atoms with E-state index in [1.165, 1.54) is 22.3 Å². The van der Waals surface area contributed by atoms with Gasteiger partial charge in [0.25, 0.3) is 0 Å². The molecule has 0 bridgehead atoms. The van der Waals surface area contributed by atoms with Crippen molar-refractivity contribution < 1.29 is 4.74 Å². The monoisotopic (exact) mass is 261 g/mol. The van der Waals surface area contributed by atoms with E-state index in [-0.39, 0.29) is 0 Å². The highest BCUT2D eigenvalue weighted by molar-refractivity contribution is 6.01. The number of benzene rings is 2. The number of fused-ring (bicyclic) bond motifs is 1. The predicted molar refractivity (Wildman–Crippen MR) is 85.3 cm³/mol. The van der Waals surface area contributed by atoms with E-state index in [4.69, 9.17) is 4.74 Å². The van der Waals surface area contributed by atoms with Gasteiger partial charge in [0.1, 0.15) is 5.75 Å². The lowest BCUT2D eigenvalue weighted by Gasteiger charge is -2.04. The van der Waals surface area contributed by atoms with E-state index in [2.05, 4.69) is 49.4 Å². The smallest absolute Gasteiger partial charge is 0.119 e. The second kappa shape index (κ2) is 5.38. The number of hydrogen-bond acceptors (Lipinski definition) is 1. The molecule has 0 fully saturated rings. The van der Waals surface area contributed by atoms with Crippen molar-refractivity contribution in [2.24, 2.45) is 0 Å². The lowest BCUT2D eigenvalue weighted by atomic mass is 10.0. The molecule has 0 saturated heterocycles. The molecule has 1 radical (unpaired) electrons. The lowest BCUT2D eigenvalue weighted by Crippen LogP contribution is -1.84. The normalized spacial score (nSPS) is 15.1. The fourth-order valence-electron chi connectivity index (χ4n) is 2.60. The molecule has 0 aliphatic heterocycles. The zero-order valence-electron chi connectivity index (χ0n) is 11.6. The summed E-state index contributed by atoms with van der Waals surface area (Å²) in [6.45, 7) is 4.02. The average molecular weight is 261 g/mol. The molecule has 0 N–H and O–H groups in total. The fourth-order valence-corrected chi connectivity index (χ4v) is 2.60. The zero-order valence-corrected chi connectivity index (χ0v) is 11.6. The Labute approximate surface area is 120 Å². The molecule has 1 nitrogen and oxygen atoms in total. The van der Waals surface area contributed by atoms with Gasteiger partial charge in [-0.3, -0.25) is 0 Å². The van der Waals surface area contributed by atoms with Gasteiger partial charge in [-0.15, -0.1) is 0 Å². The van der Waals surface area contributed by atoms with E-state index >= 15 is 0 Å². The quantitative estimate of drug-likeness (QED) is 0.767. The van der Waals surface area contributed by atoms with E-state index in [0.717, 1.165) is 17.7 Å². The number of methoxy groups -OCH3 is 1. The molecule has 0 aromatic heterocycles. The SMILES string of the molecule is [CH2]CC1=CC(=Cc2cccc(OC)c2)c2ccccc21. The van der Waals surface area contributed by atoms with Gasteiger partial charge < -0.3 is 4.74 Å². The maximum Gasteiger partial charge on any atom is 0.119 e. The molecule has 0 unspecified atom stereocenters. The highest BCUT2D eigenvalue weighted by Gasteiger charge is 2.16. The third-order valence-electron chi connectivity index (χ3n) is 3.60. The number of allylic oxidation sites excluding steroid dienone is 3. The molecule has 1 heteroatoms. The number of hydrogen-bond donors (Lipinski definition) is 0. The molecule has 0 saturated carbocycles. The summed E-state index contributed by atoms with van der Waals surface area (Å²) in [4.78, 5) is 0. The fraction of sp³-hybridized carbons (Fsp3) is 0.105. The highest BCUT2D eigenvalue weighted by atomic mass is 16.5. The van der Waals surface area contributed by atoms with Crippen molar-refractivity contribution in [2.45, 2.75) is 6.42 Å². The zero-order chi connectivity index (χ0) is 13.9. The van der Waals surface area contributed by atoms with Crippen LogP contribution in [0.15, 0.2) is 54.6 Å². The van der Waals surface area contributed by atoms with Crippen molar-refractivity contribution in [1.82, 2.24) is 0 Å². The molecule has 1 aliphatic rings. The topological polar surface area (TPSA) is 9.23 Å². The van der Waals surface area contributed by atoms with Crippen LogP contribution in [-0.4, -0.2) is 7.11 Å². The lowest BCUT2D eigenvalue weighted by molar-refractivity contribution is 0.414. The molecule has 1 aliphatic carbocycles. The van der Waals surface area contributed by atoms with E-state index in [1.807, 2.05) is 18.2 Å².